The Morgan fingerprint density at radius 3 is 2.89 bits per heavy atom. The molecule has 7 nitrogen and oxygen atoms in total. The first-order valence-corrected chi connectivity index (χ1v) is 14.6. The lowest BCUT2D eigenvalue weighted by molar-refractivity contribution is -0.113. The van der Waals surface area contributed by atoms with Gasteiger partial charge in [-0.2, -0.15) is 0 Å². The normalized spacial score (nSPS) is 17.0. The molecular formula is C25H29N5O2S3. The Bertz CT molecular complexity index is 1290. The van der Waals surface area contributed by atoms with Crippen molar-refractivity contribution in [3.05, 3.63) is 44.5 Å². The van der Waals surface area contributed by atoms with Crippen LogP contribution in [0.5, 0.6) is 0 Å². The van der Waals surface area contributed by atoms with Gasteiger partial charge in [0.1, 0.15) is 5.00 Å². The number of fused-ring (bicyclic) bond motifs is 2. The van der Waals surface area contributed by atoms with Crippen molar-refractivity contribution in [2.45, 2.75) is 63.6 Å². The highest BCUT2D eigenvalue weighted by molar-refractivity contribution is 7.99. The summed E-state index contributed by atoms with van der Waals surface area (Å²) in [7, 11) is 0. The second-order valence-corrected chi connectivity index (χ2v) is 12.2. The van der Waals surface area contributed by atoms with E-state index in [0.29, 0.717) is 28.2 Å². The lowest BCUT2D eigenvalue weighted by Crippen LogP contribution is -2.20. The van der Waals surface area contributed by atoms with Crippen LogP contribution in [0.15, 0.2) is 23.2 Å². The molecule has 5 rings (SSSR count). The summed E-state index contributed by atoms with van der Waals surface area (Å²) in [6.07, 6.45) is 9.26. The zero-order valence-electron chi connectivity index (χ0n) is 19.8. The van der Waals surface area contributed by atoms with Crippen LogP contribution in [0.4, 0.5) is 5.00 Å². The maximum atomic E-state index is 12.9. The van der Waals surface area contributed by atoms with Crippen molar-refractivity contribution in [1.82, 2.24) is 14.8 Å². The maximum Gasteiger partial charge on any atom is 0.251 e. The van der Waals surface area contributed by atoms with Crippen molar-refractivity contribution in [3.8, 4) is 11.4 Å². The van der Waals surface area contributed by atoms with Crippen LogP contribution >= 0.6 is 34.4 Å². The van der Waals surface area contributed by atoms with Crippen LogP contribution < -0.4 is 11.1 Å². The van der Waals surface area contributed by atoms with Gasteiger partial charge in [-0.3, -0.25) is 14.2 Å². The predicted molar refractivity (Wildman–Crippen MR) is 144 cm³/mol. The molecule has 2 aliphatic carbocycles. The first-order valence-electron chi connectivity index (χ1n) is 12.0. The summed E-state index contributed by atoms with van der Waals surface area (Å²) in [6.45, 7) is 6.67. The number of anilines is 1. The van der Waals surface area contributed by atoms with Crippen LogP contribution in [0.25, 0.3) is 11.4 Å². The smallest absolute Gasteiger partial charge is 0.251 e. The Labute approximate surface area is 217 Å². The molecule has 10 heteroatoms. The third-order valence-electron chi connectivity index (χ3n) is 6.67. The number of aromatic nitrogens is 3. The number of hydrogen-bond donors (Lipinski definition) is 2. The summed E-state index contributed by atoms with van der Waals surface area (Å²) >= 11 is 4.63. The van der Waals surface area contributed by atoms with Crippen LogP contribution in [0.1, 0.15) is 57.4 Å². The summed E-state index contributed by atoms with van der Waals surface area (Å²) in [5.41, 5.74) is 9.73. The molecule has 0 bridgehead atoms. The van der Waals surface area contributed by atoms with Crippen molar-refractivity contribution < 1.29 is 9.59 Å². The van der Waals surface area contributed by atoms with Gasteiger partial charge in [0, 0.05) is 27.2 Å². The van der Waals surface area contributed by atoms with Crippen molar-refractivity contribution in [3.63, 3.8) is 0 Å². The van der Waals surface area contributed by atoms with Crippen LogP contribution in [0, 0.1) is 5.92 Å². The molecule has 0 spiro atoms. The van der Waals surface area contributed by atoms with Gasteiger partial charge in [0.05, 0.1) is 11.3 Å². The largest absolute Gasteiger partial charge is 0.365 e. The number of thioether (sulfide) groups is 1. The van der Waals surface area contributed by atoms with Gasteiger partial charge in [0.2, 0.25) is 5.91 Å². The number of nitrogens with one attached hydrogen (secondary N) is 1. The van der Waals surface area contributed by atoms with Crippen molar-refractivity contribution in [2.24, 2.45) is 11.7 Å². The number of nitrogens with two attached hydrogens (primary N) is 1. The Morgan fingerprint density at radius 2 is 2.09 bits per heavy atom. The quantitative estimate of drug-likeness (QED) is 0.314. The van der Waals surface area contributed by atoms with E-state index in [-0.39, 0.29) is 11.7 Å². The highest BCUT2D eigenvalue weighted by Gasteiger charge is 2.27. The van der Waals surface area contributed by atoms with Gasteiger partial charge in [0.15, 0.2) is 11.0 Å². The number of amides is 2. The van der Waals surface area contributed by atoms with Gasteiger partial charge < -0.3 is 11.1 Å². The fourth-order valence-corrected chi connectivity index (χ4v) is 8.27. The minimum absolute atomic E-state index is 0.161. The molecule has 0 saturated carbocycles. The van der Waals surface area contributed by atoms with E-state index < -0.39 is 5.91 Å². The molecule has 0 fully saturated rings. The van der Waals surface area contributed by atoms with Gasteiger partial charge in [-0.05, 0) is 62.0 Å². The lowest BCUT2D eigenvalue weighted by Gasteiger charge is -2.18. The topological polar surface area (TPSA) is 103 Å². The standard InChI is InChI=1S/C25H29N5O2S3/c1-3-10-30-23(17-12-33-18-7-5-4-6-15(17)18)28-29-25(30)34-13-20(31)27-24-21(22(26)32)16-9-8-14(2)11-19(16)35-24/h3,12,14H,1,4-11,13H2,2H3,(H2,26,32)(H,27,31). The molecule has 3 aromatic rings. The molecule has 3 heterocycles. The SMILES string of the molecule is C=CCn1c(SCC(=O)Nc2sc3c(c2C(N)=O)CCC(C)C3)nnc1-c1csc2c1CCCC2. The van der Waals surface area contributed by atoms with Crippen molar-refractivity contribution >= 4 is 51.3 Å². The number of carbonyl (C=O) groups excluding carboxylic acids is 2. The highest BCUT2D eigenvalue weighted by atomic mass is 32.2. The molecule has 35 heavy (non-hydrogen) atoms. The first kappa shape index (κ1) is 24.3. The molecule has 184 valence electrons. The summed E-state index contributed by atoms with van der Waals surface area (Å²) in [4.78, 5) is 27.7. The van der Waals surface area contributed by atoms with Crippen LogP contribution in [0.2, 0.25) is 0 Å². The average molecular weight is 528 g/mol. The van der Waals surface area contributed by atoms with Gasteiger partial charge in [0.25, 0.3) is 5.91 Å². The van der Waals surface area contributed by atoms with Gasteiger partial charge in [-0.1, -0.05) is 24.8 Å². The van der Waals surface area contributed by atoms with Crippen molar-refractivity contribution in [2.75, 3.05) is 11.1 Å². The number of carbonyl (C=O) groups is 2. The van der Waals surface area contributed by atoms with E-state index >= 15 is 0 Å². The molecule has 0 radical (unpaired) electrons. The molecule has 0 aromatic carbocycles. The fraction of sp³-hybridized carbons (Fsp3) is 0.440. The Morgan fingerprint density at radius 1 is 1.26 bits per heavy atom. The molecule has 3 N–H and O–H groups in total. The number of rotatable bonds is 8. The second-order valence-electron chi connectivity index (χ2n) is 9.22. The number of hydrogen-bond acceptors (Lipinski definition) is 7. The van der Waals surface area contributed by atoms with Crippen LogP contribution in [-0.2, 0) is 37.0 Å². The zero-order chi connectivity index (χ0) is 24.5. The van der Waals surface area contributed by atoms with Gasteiger partial charge >= 0.3 is 0 Å². The fourth-order valence-electron chi connectivity index (χ4n) is 4.96. The van der Waals surface area contributed by atoms with E-state index in [2.05, 4.69) is 34.4 Å². The van der Waals surface area contributed by atoms with Crippen LogP contribution in [-0.4, -0.2) is 32.3 Å². The van der Waals surface area contributed by atoms with Gasteiger partial charge in [-0.25, -0.2) is 0 Å². The summed E-state index contributed by atoms with van der Waals surface area (Å²) in [5.74, 6) is 0.901. The summed E-state index contributed by atoms with van der Waals surface area (Å²) in [6, 6.07) is 0. The summed E-state index contributed by atoms with van der Waals surface area (Å²) < 4.78 is 2.03. The molecule has 2 amide bonds. The zero-order valence-corrected chi connectivity index (χ0v) is 22.2. The van der Waals surface area contributed by atoms with E-state index in [1.165, 1.54) is 46.4 Å². The number of nitrogens with zero attached hydrogens (tertiary/aromatic N) is 3. The van der Waals surface area contributed by atoms with Gasteiger partial charge in [-0.15, -0.1) is 39.4 Å². The number of thiophene rings is 2. The Balaban J connectivity index is 1.32. The Hall–Kier alpha value is -2.43. The van der Waals surface area contributed by atoms with Crippen molar-refractivity contribution in [1.29, 1.82) is 0 Å². The Kier molecular flexibility index (Phi) is 7.13. The number of aryl methyl sites for hydroxylation is 1. The van der Waals surface area contributed by atoms with E-state index in [1.807, 2.05) is 10.6 Å². The molecule has 0 saturated heterocycles. The number of allylic oxidation sites excluding steroid dienone is 1. The summed E-state index contributed by atoms with van der Waals surface area (Å²) in [5, 5.41) is 15.3. The average Bonchev–Trinajstić information content (AvgIpc) is 3.52. The molecule has 1 atom stereocenters. The monoisotopic (exact) mass is 527 g/mol. The van der Waals surface area contributed by atoms with E-state index in [1.54, 1.807) is 11.3 Å². The molecule has 3 aromatic heterocycles. The lowest BCUT2D eigenvalue weighted by atomic mass is 9.88. The first-order chi connectivity index (χ1) is 17.0. The molecule has 1 unspecified atom stereocenters. The van der Waals surface area contributed by atoms with E-state index in [0.717, 1.165) is 53.9 Å². The minimum atomic E-state index is -0.477. The third kappa shape index (κ3) is 4.83. The molecule has 2 aliphatic rings. The van der Waals surface area contributed by atoms with Crippen LogP contribution in [0.3, 0.4) is 0 Å². The second kappa shape index (κ2) is 10.3. The molecule has 0 aliphatic heterocycles. The maximum absolute atomic E-state index is 12.9. The molecular weight excluding hydrogens is 499 g/mol. The number of primary amides is 1. The predicted octanol–water partition coefficient (Wildman–Crippen LogP) is 5.09. The van der Waals surface area contributed by atoms with E-state index in [9.17, 15) is 9.59 Å². The highest BCUT2D eigenvalue weighted by Crippen LogP contribution is 2.40. The van der Waals surface area contributed by atoms with E-state index in [4.69, 9.17) is 5.73 Å². The minimum Gasteiger partial charge on any atom is -0.365 e. The third-order valence-corrected chi connectivity index (χ3v) is 9.90.